The van der Waals surface area contributed by atoms with Crippen molar-refractivity contribution in [3.05, 3.63) is 39.7 Å². The Morgan fingerprint density at radius 1 is 1.73 bits per heavy atom. The average molecular weight is 209 g/mol. The van der Waals surface area contributed by atoms with Crippen molar-refractivity contribution in [2.45, 2.75) is 6.54 Å². The maximum Gasteiger partial charge on any atom is 0.328 e. The second-order valence-electron chi connectivity index (χ2n) is 2.78. The summed E-state index contributed by atoms with van der Waals surface area (Å²) in [6.07, 6.45) is 2.79. The van der Waals surface area contributed by atoms with Crippen molar-refractivity contribution in [1.29, 1.82) is 5.41 Å². The van der Waals surface area contributed by atoms with Crippen LogP contribution in [0.5, 0.6) is 0 Å². The van der Waals surface area contributed by atoms with Gasteiger partial charge in [0.1, 0.15) is 5.69 Å². The Bertz CT molecular complexity index is 498. The van der Waals surface area contributed by atoms with E-state index in [1.54, 1.807) is 0 Å². The Morgan fingerprint density at radius 3 is 2.93 bits per heavy atom. The SMILES string of the molecule is C=CCn1cc(NC(=N)N)c(=O)[nH]c1=O. The van der Waals surface area contributed by atoms with Crippen LogP contribution in [-0.2, 0) is 6.54 Å². The Hall–Kier alpha value is -2.31. The molecule has 0 saturated heterocycles. The van der Waals surface area contributed by atoms with Crippen LogP contribution in [0.2, 0.25) is 0 Å². The molecule has 15 heavy (non-hydrogen) atoms. The fraction of sp³-hybridized carbons (Fsp3) is 0.125. The minimum absolute atomic E-state index is 0.0453. The van der Waals surface area contributed by atoms with E-state index in [0.29, 0.717) is 0 Å². The first-order chi connectivity index (χ1) is 7.04. The summed E-state index contributed by atoms with van der Waals surface area (Å²) in [5.74, 6) is -0.371. The fourth-order valence-electron chi connectivity index (χ4n) is 1.02. The van der Waals surface area contributed by atoms with Gasteiger partial charge in [-0.05, 0) is 0 Å². The molecule has 1 aromatic rings. The molecule has 1 heterocycles. The zero-order chi connectivity index (χ0) is 11.4. The predicted octanol–water partition coefficient (Wildman–Crippen LogP) is -0.972. The number of aromatic amines is 1. The molecule has 0 aliphatic heterocycles. The lowest BCUT2D eigenvalue weighted by Gasteiger charge is -2.05. The normalized spacial score (nSPS) is 9.60. The van der Waals surface area contributed by atoms with Crippen molar-refractivity contribution >= 4 is 11.6 Å². The van der Waals surface area contributed by atoms with Gasteiger partial charge in [-0.2, -0.15) is 0 Å². The topological polar surface area (TPSA) is 117 Å². The number of H-pyrrole nitrogens is 1. The molecule has 7 nitrogen and oxygen atoms in total. The average Bonchev–Trinajstić information content (AvgIpc) is 2.12. The molecule has 80 valence electrons. The first-order valence-electron chi connectivity index (χ1n) is 4.10. The van der Waals surface area contributed by atoms with E-state index in [1.807, 2.05) is 0 Å². The molecule has 0 spiro atoms. The Labute approximate surface area is 84.7 Å². The third kappa shape index (κ3) is 2.56. The zero-order valence-electron chi connectivity index (χ0n) is 7.91. The highest BCUT2D eigenvalue weighted by atomic mass is 16.2. The number of nitrogens with two attached hydrogens (primary N) is 1. The van der Waals surface area contributed by atoms with Crippen LogP contribution in [0.25, 0.3) is 0 Å². The van der Waals surface area contributed by atoms with Crippen molar-refractivity contribution in [2.24, 2.45) is 5.73 Å². The minimum Gasteiger partial charge on any atom is -0.370 e. The summed E-state index contributed by atoms with van der Waals surface area (Å²) in [6.45, 7) is 3.74. The minimum atomic E-state index is -0.615. The van der Waals surface area contributed by atoms with E-state index < -0.39 is 11.2 Å². The van der Waals surface area contributed by atoms with E-state index in [9.17, 15) is 9.59 Å². The van der Waals surface area contributed by atoms with Crippen molar-refractivity contribution in [3.8, 4) is 0 Å². The third-order valence-corrected chi connectivity index (χ3v) is 1.61. The summed E-state index contributed by atoms with van der Waals surface area (Å²) >= 11 is 0. The molecule has 1 aromatic heterocycles. The summed E-state index contributed by atoms with van der Waals surface area (Å²) in [4.78, 5) is 24.5. The van der Waals surface area contributed by atoms with Crippen LogP contribution in [0.3, 0.4) is 0 Å². The molecule has 0 amide bonds. The predicted molar refractivity (Wildman–Crippen MR) is 57.1 cm³/mol. The Morgan fingerprint density at radius 2 is 2.40 bits per heavy atom. The van der Waals surface area contributed by atoms with Crippen LogP contribution >= 0.6 is 0 Å². The molecule has 0 atom stereocenters. The molecule has 0 bridgehead atoms. The van der Waals surface area contributed by atoms with Crippen molar-refractivity contribution in [3.63, 3.8) is 0 Å². The van der Waals surface area contributed by atoms with Gasteiger partial charge in [-0.3, -0.25) is 19.8 Å². The van der Waals surface area contributed by atoms with Crippen LogP contribution in [0.4, 0.5) is 5.69 Å². The van der Waals surface area contributed by atoms with E-state index in [0.717, 1.165) is 0 Å². The van der Waals surface area contributed by atoms with E-state index >= 15 is 0 Å². The number of allylic oxidation sites excluding steroid dienone is 1. The molecular weight excluding hydrogens is 198 g/mol. The molecule has 0 aliphatic rings. The van der Waals surface area contributed by atoms with Gasteiger partial charge in [-0.1, -0.05) is 6.08 Å². The summed E-state index contributed by atoms with van der Waals surface area (Å²) in [7, 11) is 0. The van der Waals surface area contributed by atoms with E-state index in [2.05, 4.69) is 16.9 Å². The first-order valence-corrected chi connectivity index (χ1v) is 4.10. The van der Waals surface area contributed by atoms with Crippen molar-refractivity contribution < 1.29 is 0 Å². The Balaban J connectivity index is 3.23. The van der Waals surface area contributed by atoms with Gasteiger partial charge in [-0.25, -0.2) is 4.79 Å². The number of nitrogens with one attached hydrogen (secondary N) is 3. The van der Waals surface area contributed by atoms with E-state index in [4.69, 9.17) is 11.1 Å². The number of hydrogen-bond acceptors (Lipinski definition) is 3. The highest BCUT2D eigenvalue weighted by Crippen LogP contribution is 1.93. The van der Waals surface area contributed by atoms with Crippen LogP contribution in [0.15, 0.2) is 28.4 Å². The molecule has 5 N–H and O–H groups in total. The molecule has 0 aromatic carbocycles. The maximum atomic E-state index is 11.2. The largest absolute Gasteiger partial charge is 0.370 e. The lowest BCUT2D eigenvalue weighted by atomic mass is 10.5. The second kappa shape index (κ2) is 4.27. The Kier molecular flexibility index (Phi) is 3.06. The molecular formula is C8H11N5O2. The number of anilines is 1. The molecule has 0 aliphatic carbocycles. The summed E-state index contributed by atoms with van der Waals surface area (Å²) in [5, 5.41) is 9.28. The van der Waals surface area contributed by atoms with Gasteiger partial charge in [0.05, 0.1) is 0 Å². The summed E-state index contributed by atoms with van der Waals surface area (Å²) in [5.41, 5.74) is 3.96. The van der Waals surface area contributed by atoms with Gasteiger partial charge in [0.25, 0.3) is 5.56 Å². The fourth-order valence-corrected chi connectivity index (χ4v) is 1.02. The summed E-state index contributed by atoms with van der Waals surface area (Å²) in [6, 6.07) is 0. The first kappa shape index (κ1) is 10.8. The standard InChI is InChI=1S/C8H11N5O2/c1-2-3-13-4-5(11-7(9)10)6(14)12-8(13)15/h2,4H,1,3H2,(H4,9,10,11)(H,12,14,15). The van der Waals surface area contributed by atoms with Gasteiger partial charge < -0.3 is 11.1 Å². The van der Waals surface area contributed by atoms with Crippen LogP contribution in [0, 0.1) is 5.41 Å². The monoisotopic (exact) mass is 209 g/mol. The lowest BCUT2D eigenvalue weighted by Crippen LogP contribution is -2.33. The molecule has 0 saturated carbocycles. The highest BCUT2D eigenvalue weighted by molar-refractivity contribution is 5.89. The van der Waals surface area contributed by atoms with Gasteiger partial charge in [-0.15, -0.1) is 6.58 Å². The highest BCUT2D eigenvalue weighted by Gasteiger charge is 2.03. The number of nitrogens with zero attached hydrogens (tertiary/aromatic N) is 1. The van der Waals surface area contributed by atoms with Crippen molar-refractivity contribution in [2.75, 3.05) is 5.32 Å². The van der Waals surface area contributed by atoms with E-state index in [1.165, 1.54) is 16.8 Å². The molecule has 0 radical (unpaired) electrons. The number of guanidine groups is 1. The zero-order valence-corrected chi connectivity index (χ0v) is 7.91. The van der Waals surface area contributed by atoms with E-state index in [-0.39, 0.29) is 18.2 Å². The van der Waals surface area contributed by atoms with Gasteiger partial charge in [0.15, 0.2) is 5.96 Å². The third-order valence-electron chi connectivity index (χ3n) is 1.61. The van der Waals surface area contributed by atoms with Crippen LogP contribution < -0.4 is 22.3 Å². The molecule has 1 rings (SSSR count). The van der Waals surface area contributed by atoms with Gasteiger partial charge in [0, 0.05) is 12.7 Å². The van der Waals surface area contributed by atoms with Gasteiger partial charge >= 0.3 is 5.69 Å². The smallest absolute Gasteiger partial charge is 0.328 e. The van der Waals surface area contributed by atoms with Crippen molar-refractivity contribution in [1.82, 2.24) is 9.55 Å². The summed E-state index contributed by atoms with van der Waals surface area (Å²) < 4.78 is 1.24. The van der Waals surface area contributed by atoms with Crippen LogP contribution in [-0.4, -0.2) is 15.5 Å². The molecule has 0 fully saturated rings. The maximum absolute atomic E-state index is 11.2. The number of hydrogen-bond donors (Lipinski definition) is 4. The van der Waals surface area contributed by atoms with Crippen LogP contribution in [0.1, 0.15) is 0 Å². The quantitative estimate of drug-likeness (QED) is 0.291. The molecule has 7 heteroatoms. The van der Waals surface area contributed by atoms with Gasteiger partial charge in [0.2, 0.25) is 0 Å². The molecule has 0 unspecified atom stereocenters. The number of rotatable bonds is 3. The second-order valence-corrected chi connectivity index (χ2v) is 2.78. The number of aromatic nitrogens is 2. The lowest BCUT2D eigenvalue weighted by molar-refractivity contribution is 0.740.